The van der Waals surface area contributed by atoms with Crippen LogP contribution in [0.2, 0.25) is 0 Å². The first kappa shape index (κ1) is 11.9. The maximum Gasteiger partial charge on any atom is 0.119 e. The lowest BCUT2D eigenvalue weighted by Crippen LogP contribution is -2.30. The lowest BCUT2D eigenvalue weighted by molar-refractivity contribution is 0.415. The number of benzene rings is 1. The summed E-state index contributed by atoms with van der Waals surface area (Å²) in [6.07, 6.45) is 0. The van der Waals surface area contributed by atoms with Crippen molar-refractivity contribution in [2.24, 2.45) is 0 Å². The number of likely N-dealkylation sites (N-methyl/N-ethyl adjacent to an activating group) is 2. The Morgan fingerprint density at radius 1 is 1.27 bits per heavy atom. The molecule has 0 aliphatic carbocycles. The van der Waals surface area contributed by atoms with Crippen LogP contribution in [0.25, 0.3) is 0 Å². The summed E-state index contributed by atoms with van der Waals surface area (Å²) < 4.78 is 5.13. The molecule has 3 nitrogen and oxygen atoms in total. The van der Waals surface area contributed by atoms with Gasteiger partial charge in [0.1, 0.15) is 5.75 Å². The fourth-order valence-electron chi connectivity index (χ4n) is 1.51. The van der Waals surface area contributed by atoms with Crippen molar-refractivity contribution in [1.29, 1.82) is 0 Å². The van der Waals surface area contributed by atoms with Crippen LogP contribution in [0.3, 0.4) is 0 Å². The van der Waals surface area contributed by atoms with E-state index in [0.29, 0.717) is 0 Å². The molecule has 0 atom stereocenters. The fourth-order valence-corrected chi connectivity index (χ4v) is 1.51. The van der Waals surface area contributed by atoms with Gasteiger partial charge in [-0.05, 0) is 38.2 Å². The first-order chi connectivity index (χ1) is 7.31. The van der Waals surface area contributed by atoms with E-state index in [4.69, 9.17) is 4.74 Å². The monoisotopic (exact) mass is 208 g/mol. The van der Waals surface area contributed by atoms with Crippen molar-refractivity contribution in [2.75, 3.05) is 38.7 Å². The number of ether oxygens (including phenoxy) is 1. The predicted molar refractivity (Wildman–Crippen MR) is 64.8 cm³/mol. The Labute approximate surface area is 92.0 Å². The Balaban J connectivity index is 2.65. The van der Waals surface area contributed by atoms with Gasteiger partial charge >= 0.3 is 0 Å². The molecule has 0 radical (unpaired) electrons. The number of hydrogen-bond donors (Lipinski definition) is 1. The second-order valence-corrected chi connectivity index (χ2v) is 3.38. The summed E-state index contributed by atoms with van der Waals surface area (Å²) in [5.74, 6) is 0.906. The summed E-state index contributed by atoms with van der Waals surface area (Å²) in [6, 6.07) is 8.19. The molecule has 0 spiro atoms. The van der Waals surface area contributed by atoms with Crippen molar-refractivity contribution >= 4 is 5.69 Å². The third-order valence-corrected chi connectivity index (χ3v) is 2.45. The molecule has 0 heterocycles. The van der Waals surface area contributed by atoms with E-state index >= 15 is 0 Å². The molecule has 0 unspecified atom stereocenters. The quantitative estimate of drug-likeness (QED) is 0.770. The van der Waals surface area contributed by atoms with Crippen molar-refractivity contribution in [3.8, 4) is 5.75 Å². The van der Waals surface area contributed by atoms with Gasteiger partial charge in [-0.15, -0.1) is 0 Å². The van der Waals surface area contributed by atoms with Gasteiger partial charge in [0.05, 0.1) is 7.11 Å². The normalized spacial score (nSPS) is 10.1. The molecular weight excluding hydrogens is 188 g/mol. The minimum atomic E-state index is 0.906. The zero-order chi connectivity index (χ0) is 11.1. The number of nitrogens with zero attached hydrogens (tertiary/aromatic N) is 1. The van der Waals surface area contributed by atoms with Crippen LogP contribution < -0.4 is 15.0 Å². The molecular formula is C12H20N2O. The summed E-state index contributed by atoms with van der Waals surface area (Å²) in [4.78, 5) is 2.33. The van der Waals surface area contributed by atoms with E-state index in [-0.39, 0.29) is 0 Å². The molecule has 0 fully saturated rings. The van der Waals surface area contributed by atoms with Crippen LogP contribution in [0.1, 0.15) is 6.92 Å². The van der Waals surface area contributed by atoms with Gasteiger partial charge in [-0.25, -0.2) is 0 Å². The Morgan fingerprint density at radius 2 is 1.93 bits per heavy atom. The lowest BCUT2D eigenvalue weighted by Gasteiger charge is -2.23. The topological polar surface area (TPSA) is 24.5 Å². The van der Waals surface area contributed by atoms with Crippen LogP contribution in [0.5, 0.6) is 5.75 Å². The van der Waals surface area contributed by atoms with Gasteiger partial charge in [-0.1, -0.05) is 0 Å². The van der Waals surface area contributed by atoms with E-state index in [1.54, 1.807) is 7.11 Å². The second-order valence-electron chi connectivity index (χ2n) is 3.38. The maximum atomic E-state index is 5.13. The Hall–Kier alpha value is -1.22. The summed E-state index contributed by atoms with van der Waals surface area (Å²) in [5.41, 5.74) is 1.24. The predicted octanol–water partition coefficient (Wildman–Crippen LogP) is 1.74. The second kappa shape index (κ2) is 6.30. The van der Waals surface area contributed by atoms with Crippen molar-refractivity contribution in [3.05, 3.63) is 24.3 Å². The number of rotatable bonds is 6. The standard InChI is InChI=1S/C12H20N2O/c1-4-14(10-9-13-2)11-5-7-12(15-3)8-6-11/h5-8,13H,4,9-10H2,1-3H3. The van der Waals surface area contributed by atoms with Crippen LogP contribution in [-0.2, 0) is 0 Å². The Bertz CT molecular complexity index is 271. The third-order valence-electron chi connectivity index (χ3n) is 2.45. The molecule has 1 aromatic carbocycles. The highest BCUT2D eigenvalue weighted by Crippen LogP contribution is 2.18. The minimum Gasteiger partial charge on any atom is -0.497 e. The van der Waals surface area contributed by atoms with Crippen LogP contribution in [0, 0.1) is 0 Å². The largest absolute Gasteiger partial charge is 0.497 e. The Kier molecular flexibility index (Phi) is 4.98. The van der Waals surface area contributed by atoms with E-state index in [1.165, 1.54) is 5.69 Å². The lowest BCUT2D eigenvalue weighted by atomic mass is 10.2. The molecule has 0 saturated carbocycles. The minimum absolute atomic E-state index is 0.906. The molecule has 1 rings (SSSR count). The third kappa shape index (κ3) is 3.44. The van der Waals surface area contributed by atoms with Gasteiger partial charge in [0.25, 0.3) is 0 Å². The first-order valence-electron chi connectivity index (χ1n) is 5.35. The summed E-state index contributed by atoms with van der Waals surface area (Å²) in [6.45, 7) is 5.22. The molecule has 84 valence electrons. The number of methoxy groups -OCH3 is 1. The summed E-state index contributed by atoms with van der Waals surface area (Å²) >= 11 is 0. The van der Waals surface area contributed by atoms with Gasteiger partial charge in [0.2, 0.25) is 0 Å². The molecule has 1 N–H and O–H groups in total. The van der Waals surface area contributed by atoms with Gasteiger partial charge < -0.3 is 15.0 Å². The Morgan fingerprint density at radius 3 is 2.40 bits per heavy atom. The highest BCUT2D eigenvalue weighted by atomic mass is 16.5. The van der Waals surface area contributed by atoms with Crippen molar-refractivity contribution < 1.29 is 4.74 Å². The average Bonchev–Trinajstić information content (AvgIpc) is 2.31. The van der Waals surface area contributed by atoms with Crippen molar-refractivity contribution in [3.63, 3.8) is 0 Å². The van der Waals surface area contributed by atoms with Crippen LogP contribution in [-0.4, -0.2) is 33.8 Å². The smallest absolute Gasteiger partial charge is 0.119 e. The van der Waals surface area contributed by atoms with E-state index in [1.807, 2.05) is 19.2 Å². The SMILES string of the molecule is CCN(CCNC)c1ccc(OC)cc1. The van der Waals surface area contributed by atoms with Gasteiger partial charge in [0.15, 0.2) is 0 Å². The molecule has 0 saturated heterocycles. The summed E-state index contributed by atoms with van der Waals surface area (Å²) in [7, 11) is 3.66. The van der Waals surface area contributed by atoms with Crippen LogP contribution >= 0.6 is 0 Å². The van der Waals surface area contributed by atoms with E-state index in [9.17, 15) is 0 Å². The van der Waals surface area contributed by atoms with E-state index in [2.05, 4.69) is 29.3 Å². The van der Waals surface area contributed by atoms with Gasteiger partial charge in [-0.3, -0.25) is 0 Å². The number of hydrogen-bond acceptors (Lipinski definition) is 3. The van der Waals surface area contributed by atoms with Gasteiger partial charge in [-0.2, -0.15) is 0 Å². The number of nitrogens with one attached hydrogen (secondary N) is 1. The highest BCUT2D eigenvalue weighted by molar-refractivity contribution is 5.48. The molecule has 0 bridgehead atoms. The molecule has 0 amide bonds. The van der Waals surface area contributed by atoms with E-state index in [0.717, 1.165) is 25.4 Å². The van der Waals surface area contributed by atoms with Crippen LogP contribution in [0.15, 0.2) is 24.3 Å². The highest BCUT2D eigenvalue weighted by Gasteiger charge is 2.02. The van der Waals surface area contributed by atoms with Gasteiger partial charge in [0, 0.05) is 25.3 Å². The van der Waals surface area contributed by atoms with Crippen molar-refractivity contribution in [2.45, 2.75) is 6.92 Å². The van der Waals surface area contributed by atoms with Crippen LogP contribution in [0.4, 0.5) is 5.69 Å². The average molecular weight is 208 g/mol. The molecule has 15 heavy (non-hydrogen) atoms. The molecule has 0 aliphatic rings. The van der Waals surface area contributed by atoms with Crippen molar-refractivity contribution in [1.82, 2.24) is 5.32 Å². The fraction of sp³-hybridized carbons (Fsp3) is 0.500. The molecule has 0 aromatic heterocycles. The maximum absolute atomic E-state index is 5.13. The molecule has 0 aliphatic heterocycles. The van der Waals surface area contributed by atoms with E-state index < -0.39 is 0 Å². The molecule has 3 heteroatoms. The summed E-state index contributed by atoms with van der Waals surface area (Å²) in [5, 5.41) is 3.16. The zero-order valence-electron chi connectivity index (χ0n) is 9.79. The molecule has 1 aromatic rings. The zero-order valence-corrected chi connectivity index (χ0v) is 9.79. The number of anilines is 1. The first-order valence-corrected chi connectivity index (χ1v) is 5.35.